The van der Waals surface area contributed by atoms with Gasteiger partial charge in [0.1, 0.15) is 17.9 Å². The first kappa shape index (κ1) is 25.1. The van der Waals surface area contributed by atoms with Crippen molar-refractivity contribution in [3.63, 3.8) is 0 Å². The summed E-state index contributed by atoms with van der Waals surface area (Å²) in [5.74, 6) is -0.678. The van der Waals surface area contributed by atoms with Crippen LogP contribution in [0.15, 0.2) is 42.6 Å². The minimum absolute atomic E-state index is 0.0104. The zero-order valence-electron chi connectivity index (χ0n) is 19.5. The molecule has 190 valence electrons. The van der Waals surface area contributed by atoms with Crippen LogP contribution in [0.3, 0.4) is 0 Å². The molecule has 0 saturated carbocycles. The lowest BCUT2D eigenvalue weighted by molar-refractivity contribution is -0.141. The predicted molar refractivity (Wildman–Crippen MR) is 122 cm³/mol. The number of ether oxygens (including phenoxy) is 1. The number of carbonyl (C=O) groups is 3. The molecule has 1 fully saturated rings. The van der Waals surface area contributed by atoms with Gasteiger partial charge in [0.25, 0.3) is 0 Å². The number of carbonyl (C=O) groups excluding carboxylic acids is 3. The summed E-state index contributed by atoms with van der Waals surface area (Å²) in [4.78, 5) is 43.7. The molecule has 0 bridgehead atoms. The fraction of sp³-hybridized carbons (Fsp3) is 0.375. The maximum atomic E-state index is 12.9. The number of piperazine rings is 1. The predicted octanol–water partition coefficient (Wildman–Crippen LogP) is 3.18. The fourth-order valence-electron chi connectivity index (χ4n) is 3.93. The SMILES string of the molecule is CCOC(=O)N1CCN(C(=O)Cn2cc3cc(CC(=O)c4cccc(C(F)(F)F)n4)ccc3n2)CC1. The Labute approximate surface area is 204 Å². The third-order valence-corrected chi connectivity index (χ3v) is 5.76. The van der Waals surface area contributed by atoms with Crippen molar-refractivity contribution in [1.29, 1.82) is 0 Å². The molecule has 2 aromatic heterocycles. The normalized spacial score (nSPS) is 14.2. The summed E-state index contributed by atoms with van der Waals surface area (Å²) in [6.45, 7) is 3.62. The van der Waals surface area contributed by atoms with Crippen molar-refractivity contribution >= 4 is 28.7 Å². The first-order valence-electron chi connectivity index (χ1n) is 11.4. The van der Waals surface area contributed by atoms with Crippen LogP contribution in [-0.2, 0) is 28.7 Å². The number of Topliss-reactive ketones (excluding diaryl/α,β-unsaturated/α-hetero) is 1. The van der Waals surface area contributed by atoms with E-state index in [0.29, 0.717) is 49.3 Å². The monoisotopic (exact) mass is 503 g/mol. The topological polar surface area (TPSA) is 97.6 Å². The summed E-state index contributed by atoms with van der Waals surface area (Å²) < 4.78 is 45.2. The molecule has 36 heavy (non-hydrogen) atoms. The van der Waals surface area contributed by atoms with Gasteiger partial charge in [0.15, 0.2) is 5.78 Å². The summed E-state index contributed by atoms with van der Waals surface area (Å²) in [5, 5.41) is 5.09. The smallest absolute Gasteiger partial charge is 0.433 e. The molecule has 0 unspecified atom stereocenters. The molecule has 0 spiro atoms. The second-order valence-electron chi connectivity index (χ2n) is 8.29. The second-order valence-corrected chi connectivity index (χ2v) is 8.29. The minimum atomic E-state index is -4.63. The Morgan fingerprint density at radius 3 is 2.44 bits per heavy atom. The van der Waals surface area contributed by atoms with E-state index in [9.17, 15) is 27.6 Å². The molecule has 0 atom stereocenters. The number of nitrogens with zero attached hydrogens (tertiary/aromatic N) is 5. The lowest BCUT2D eigenvalue weighted by Crippen LogP contribution is -2.51. The van der Waals surface area contributed by atoms with Gasteiger partial charge in [-0.1, -0.05) is 12.1 Å². The van der Waals surface area contributed by atoms with Gasteiger partial charge in [-0.15, -0.1) is 0 Å². The Hall–Kier alpha value is -3.96. The van der Waals surface area contributed by atoms with Gasteiger partial charge in [-0.25, -0.2) is 9.78 Å². The number of ketones is 1. The van der Waals surface area contributed by atoms with Gasteiger partial charge in [-0.2, -0.15) is 18.3 Å². The van der Waals surface area contributed by atoms with E-state index >= 15 is 0 Å². The van der Waals surface area contributed by atoms with Crippen molar-refractivity contribution < 1.29 is 32.3 Å². The minimum Gasteiger partial charge on any atom is -0.450 e. The van der Waals surface area contributed by atoms with Crippen molar-refractivity contribution in [3.8, 4) is 0 Å². The van der Waals surface area contributed by atoms with Gasteiger partial charge in [-0.3, -0.25) is 14.3 Å². The van der Waals surface area contributed by atoms with Crippen LogP contribution in [0.4, 0.5) is 18.0 Å². The summed E-state index contributed by atoms with van der Waals surface area (Å²) in [5.41, 5.74) is -0.165. The number of aromatic nitrogens is 3. The largest absolute Gasteiger partial charge is 0.450 e. The zero-order chi connectivity index (χ0) is 25.9. The van der Waals surface area contributed by atoms with Gasteiger partial charge < -0.3 is 14.5 Å². The van der Waals surface area contributed by atoms with E-state index in [1.807, 2.05) is 0 Å². The van der Waals surface area contributed by atoms with Gasteiger partial charge in [0.2, 0.25) is 5.91 Å². The fourth-order valence-corrected chi connectivity index (χ4v) is 3.93. The standard InChI is InChI=1S/C24H24F3N5O4/c1-2-36-23(35)31-10-8-30(9-11-31)22(34)15-32-14-17-12-16(6-7-18(17)29-32)13-20(33)19-4-3-5-21(28-19)24(25,26)27/h3-7,12,14H,2,8-11,13,15H2,1H3. The molecule has 9 nitrogen and oxygen atoms in total. The summed E-state index contributed by atoms with van der Waals surface area (Å²) in [7, 11) is 0. The summed E-state index contributed by atoms with van der Waals surface area (Å²) >= 11 is 0. The molecule has 0 radical (unpaired) electrons. The van der Waals surface area contributed by atoms with Crippen molar-refractivity contribution in [2.24, 2.45) is 0 Å². The number of alkyl halides is 3. The van der Waals surface area contributed by atoms with Crippen LogP contribution in [0.1, 0.15) is 28.7 Å². The zero-order valence-corrected chi connectivity index (χ0v) is 19.5. The molecule has 12 heteroatoms. The molecule has 2 amide bonds. The van der Waals surface area contributed by atoms with Crippen LogP contribution < -0.4 is 0 Å². The quantitative estimate of drug-likeness (QED) is 0.480. The molecule has 3 aromatic rings. The maximum Gasteiger partial charge on any atom is 0.433 e. The Morgan fingerprint density at radius 2 is 1.75 bits per heavy atom. The molecular weight excluding hydrogens is 479 g/mol. The maximum absolute atomic E-state index is 12.9. The van der Waals surface area contributed by atoms with E-state index in [0.717, 1.165) is 12.1 Å². The van der Waals surface area contributed by atoms with E-state index in [-0.39, 0.29) is 30.7 Å². The number of hydrogen-bond acceptors (Lipinski definition) is 6. The Balaban J connectivity index is 1.38. The second kappa shape index (κ2) is 10.3. The number of amides is 2. The van der Waals surface area contributed by atoms with E-state index in [2.05, 4.69) is 10.1 Å². The Morgan fingerprint density at radius 1 is 1.03 bits per heavy atom. The van der Waals surface area contributed by atoms with Crippen LogP contribution in [0.5, 0.6) is 0 Å². The highest BCUT2D eigenvalue weighted by Gasteiger charge is 2.33. The van der Waals surface area contributed by atoms with Crippen molar-refractivity contribution in [3.05, 3.63) is 59.5 Å². The van der Waals surface area contributed by atoms with E-state index in [4.69, 9.17) is 4.74 Å². The summed E-state index contributed by atoms with van der Waals surface area (Å²) in [6, 6.07) is 8.31. The third-order valence-electron chi connectivity index (χ3n) is 5.76. The molecular formula is C24H24F3N5O4. The first-order valence-corrected chi connectivity index (χ1v) is 11.4. The number of pyridine rings is 1. The number of hydrogen-bond donors (Lipinski definition) is 0. The lowest BCUT2D eigenvalue weighted by atomic mass is 10.0. The van der Waals surface area contributed by atoms with Crippen LogP contribution in [0.25, 0.3) is 10.9 Å². The molecule has 4 rings (SSSR count). The van der Waals surface area contributed by atoms with Gasteiger partial charge in [0, 0.05) is 44.2 Å². The highest BCUT2D eigenvalue weighted by molar-refractivity contribution is 5.96. The van der Waals surface area contributed by atoms with E-state index in [1.165, 1.54) is 10.7 Å². The average molecular weight is 503 g/mol. The molecule has 3 heterocycles. The molecule has 1 aliphatic rings. The third kappa shape index (κ3) is 5.81. The molecule has 1 aromatic carbocycles. The number of halogens is 3. The van der Waals surface area contributed by atoms with Crippen molar-refractivity contribution in [2.45, 2.75) is 26.1 Å². The number of fused-ring (bicyclic) bond motifs is 1. The Bertz CT molecular complexity index is 1280. The first-order chi connectivity index (χ1) is 17.1. The van der Waals surface area contributed by atoms with Crippen molar-refractivity contribution in [2.75, 3.05) is 32.8 Å². The Kier molecular flexibility index (Phi) is 7.22. The highest BCUT2D eigenvalue weighted by Crippen LogP contribution is 2.27. The summed E-state index contributed by atoms with van der Waals surface area (Å²) in [6.07, 6.45) is -3.46. The van der Waals surface area contributed by atoms with Crippen LogP contribution in [0.2, 0.25) is 0 Å². The number of benzene rings is 1. The van der Waals surface area contributed by atoms with E-state index in [1.54, 1.807) is 41.1 Å². The van der Waals surface area contributed by atoms with Crippen molar-refractivity contribution in [1.82, 2.24) is 24.6 Å². The van der Waals surface area contributed by atoms with Crippen LogP contribution >= 0.6 is 0 Å². The average Bonchev–Trinajstić information content (AvgIpc) is 3.25. The van der Waals surface area contributed by atoms with Crippen LogP contribution in [-0.4, -0.2) is 75.1 Å². The molecule has 1 saturated heterocycles. The molecule has 1 aliphatic heterocycles. The lowest BCUT2D eigenvalue weighted by Gasteiger charge is -2.34. The van der Waals surface area contributed by atoms with Gasteiger partial charge in [0.05, 0.1) is 12.1 Å². The molecule has 0 aliphatic carbocycles. The van der Waals surface area contributed by atoms with Gasteiger partial charge in [-0.05, 0) is 36.8 Å². The van der Waals surface area contributed by atoms with Gasteiger partial charge >= 0.3 is 12.3 Å². The highest BCUT2D eigenvalue weighted by atomic mass is 19.4. The van der Waals surface area contributed by atoms with E-state index < -0.39 is 17.7 Å². The molecule has 0 N–H and O–H groups in total. The number of rotatable bonds is 6. The van der Waals surface area contributed by atoms with Crippen LogP contribution in [0, 0.1) is 0 Å².